The summed E-state index contributed by atoms with van der Waals surface area (Å²) in [6.07, 6.45) is 0.447. The van der Waals surface area contributed by atoms with Crippen molar-refractivity contribution >= 4 is 0 Å². The lowest BCUT2D eigenvalue weighted by Gasteiger charge is -2.10. The Kier molecular flexibility index (Phi) is 4.79. The molecule has 0 aliphatic heterocycles. The van der Waals surface area contributed by atoms with E-state index in [0.717, 1.165) is 6.54 Å². The van der Waals surface area contributed by atoms with E-state index in [1.165, 1.54) is 10.9 Å². The van der Waals surface area contributed by atoms with Crippen molar-refractivity contribution in [3.8, 4) is 5.82 Å². The number of aromatic nitrogens is 3. The first-order valence-corrected chi connectivity index (χ1v) is 6.56. The molecule has 2 aromatic heterocycles. The van der Waals surface area contributed by atoms with Crippen molar-refractivity contribution in [2.45, 2.75) is 26.8 Å². The smallest absolute Gasteiger partial charge is 0.280 e. The quantitative estimate of drug-likeness (QED) is 0.884. The van der Waals surface area contributed by atoms with E-state index in [0.29, 0.717) is 23.8 Å². The van der Waals surface area contributed by atoms with Gasteiger partial charge in [-0.1, -0.05) is 19.9 Å². The first-order valence-electron chi connectivity index (χ1n) is 6.56. The van der Waals surface area contributed by atoms with Crippen LogP contribution in [0, 0.1) is 5.92 Å². The number of nitrogens with one attached hydrogen (secondary N) is 1. The molecule has 0 atom stereocenters. The average Bonchev–Trinajstić information content (AvgIpc) is 2.83. The summed E-state index contributed by atoms with van der Waals surface area (Å²) in [5, 5.41) is 7.19. The molecular formula is C14H18F2N4. The van der Waals surface area contributed by atoms with E-state index in [4.69, 9.17) is 0 Å². The highest BCUT2D eigenvalue weighted by Crippen LogP contribution is 2.25. The maximum atomic E-state index is 13.3. The Morgan fingerprint density at radius 1 is 1.30 bits per heavy atom. The fraction of sp³-hybridized carbons (Fsp3) is 0.429. The van der Waals surface area contributed by atoms with Gasteiger partial charge in [0.05, 0.1) is 6.20 Å². The van der Waals surface area contributed by atoms with E-state index < -0.39 is 6.43 Å². The number of pyridine rings is 1. The van der Waals surface area contributed by atoms with Gasteiger partial charge >= 0.3 is 0 Å². The van der Waals surface area contributed by atoms with Gasteiger partial charge in [-0.15, -0.1) is 0 Å². The zero-order valence-electron chi connectivity index (χ0n) is 11.6. The fourth-order valence-corrected chi connectivity index (χ4v) is 1.92. The minimum absolute atomic E-state index is 0.0973. The monoisotopic (exact) mass is 280 g/mol. The highest BCUT2D eigenvalue weighted by Gasteiger charge is 2.21. The maximum absolute atomic E-state index is 13.3. The van der Waals surface area contributed by atoms with Crippen LogP contribution in [0.5, 0.6) is 0 Å². The van der Waals surface area contributed by atoms with Crippen LogP contribution in [0.4, 0.5) is 8.78 Å². The molecule has 6 heteroatoms. The third-order valence-electron chi connectivity index (χ3n) is 2.83. The van der Waals surface area contributed by atoms with Crippen molar-refractivity contribution in [2.24, 2.45) is 5.92 Å². The molecule has 0 aliphatic carbocycles. The second kappa shape index (κ2) is 6.56. The standard InChI is InChI=1S/C14H18F2N4/c1-10(2)7-17-8-11-9-19-20(13(11)14(15)16)12-5-3-4-6-18-12/h3-6,9-10,14,17H,7-8H2,1-2H3. The van der Waals surface area contributed by atoms with Crippen LogP contribution in [0.3, 0.4) is 0 Å². The van der Waals surface area contributed by atoms with Crippen molar-refractivity contribution in [3.63, 3.8) is 0 Å². The molecule has 0 aromatic carbocycles. The first-order chi connectivity index (χ1) is 9.59. The van der Waals surface area contributed by atoms with Gasteiger partial charge in [-0.3, -0.25) is 0 Å². The Hall–Kier alpha value is -1.82. The van der Waals surface area contributed by atoms with Crippen LogP contribution in [0.25, 0.3) is 5.82 Å². The predicted octanol–water partition coefficient (Wildman–Crippen LogP) is 2.95. The van der Waals surface area contributed by atoms with Gasteiger partial charge in [-0.25, -0.2) is 18.4 Å². The normalized spacial score (nSPS) is 11.5. The second-order valence-electron chi connectivity index (χ2n) is 4.98. The van der Waals surface area contributed by atoms with Gasteiger partial charge in [0.15, 0.2) is 5.82 Å². The lowest BCUT2D eigenvalue weighted by Crippen LogP contribution is -2.19. The van der Waals surface area contributed by atoms with Crippen LogP contribution in [0.2, 0.25) is 0 Å². The van der Waals surface area contributed by atoms with Crippen LogP contribution < -0.4 is 5.32 Å². The number of nitrogens with zero attached hydrogens (tertiary/aromatic N) is 3. The molecule has 0 saturated heterocycles. The third kappa shape index (κ3) is 3.39. The molecule has 0 spiro atoms. The van der Waals surface area contributed by atoms with Crippen molar-refractivity contribution in [1.29, 1.82) is 0 Å². The van der Waals surface area contributed by atoms with Gasteiger partial charge < -0.3 is 5.32 Å². The summed E-state index contributed by atoms with van der Waals surface area (Å²) in [6, 6.07) is 5.14. The summed E-state index contributed by atoms with van der Waals surface area (Å²) < 4.78 is 27.8. The molecule has 0 aliphatic rings. The van der Waals surface area contributed by atoms with E-state index in [-0.39, 0.29) is 5.69 Å². The fourth-order valence-electron chi connectivity index (χ4n) is 1.92. The molecule has 4 nitrogen and oxygen atoms in total. The van der Waals surface area contributed by atoms with E-state index in [2.05, 4.69) is 29.2 Å². The molecule has 20 heavy (non-hydrogen) atoms. The summed E-state index contributed by atoms with van der Waals surface area (Å²) in [5.41, 5.74) is 0.409. The van der Waals surface area contributed by atoms with Crippen molar-refractivity contribution < 1.29 is 8.78 Å². The molecule has 1 N–H and O–H groups in total. The molecule has 2 heterocycles. The van der Waals surface area contributed by atoms with Gasteiger partial charge in [0, 0.05) is 18.3 Å². The van der Waals surface area contributed by atoms with Crippen molar-refractivity contribution in [2.75, 3.05) is 6.54 Å². The molecule has 0 saturated carbocycles. The van der Waals surface area contributed by atoms with Crippen LogP contribution >= 0.6 is 0 Å². The lowest BCUT2D eigenvalue weighted by molar-refractivity contribution is 0.141. The Morgan fingerprint density at radius 3 is 2.70 bits per heavy atom. The zero-order valence-corrected chi connectivity index (χ0v) is 11.6. The summed E-state index contributed by atoms with van der Waals surface area (Å²) in [6.45, 7) is 5.29. The van der Waals surface area contributed by atoms with E-state index in [1.54, 1.807) is 24.4 Å². The minimum atomic E-state index is -2.59. The summed E-state index contributed by atoms with van der Waals surface area (Å²) in [4.78, 5) is 4.06. The molecule has 0 fully saturated rings. The Balaban J connectivity index is 2.24. The zero-order chi connectivity index (χ0) is 14.5. The van der Waals surface area contributed by atoms with Crippen molar-refractivity contribution in [3.05, 3.63) is 41.9 Å². The SMILES string of the molecule is CC(C)CNCc1cnn(-c2ccccn2)c1C(F)F. The molecular weight excluding hydrogens is 262 g/mol. The number of rotatable bonds is 6. The molecule has 2 rings (SSSR count). The van der Waals surface area contributed by atoms with Crippen molar-refractivity contribution in [1.82, 2.24) is 20.1 Å². The third-order valence-corrected chi connectivity index (χ3v) is 2.83. The number of alkyl halides is 2. The van der Waals surface area contributed by atoms with Crippen LogP contribution in [-0.4, -0.2) is 21.3 Å². The van der Waals surface area contributed by atoms with Crippen LogP contribution in [-0.2, 0) is 6.54 Å². The minimum Gasteiger partial charge on any atom is -0.312 e. The number of hydrogen-bond acceptors (Lipinski definition) is 3. The second-order valence-corrected chi connectivity index (χ2v) is 4.98. The van der Waals surface area contributed by atoms with Crippen LogP contribution in [0.1, 0.15) is 31.5 Å². The van der Waals surface area contributed by atoms with Gasteiger partial charge in [-0.2, -0.15) is 5.10 Å². The summed E-state index contributed by atoms with van der Waals surface area (Å²) >= 11 is 0. The first kappa shape index (κ1) is 14.6. The molecule has 0 amide bonds. The Morgan fingerprint density at radius 2 is 2.10 bits per heavy atom. The molecule has 108 valence electrons. The molecule has 0 bridgehead atoms. The Labute approximate surface area is 116 Å². The summed E-state index contributed by atoms with van der Waals surface area (Å²) in [7, 11) is 0. The molecule has 0 radical (unpaired) electrons. The Bertz CT molecular complexity index is 537. The lowest BCUT2D eigenvalue weighted by atomic mass is 10.2. The van der Waals surface area contributed by atoms with E-state index in [1.807, 2.05) is 0 Å². The van der Waals surface area contributed by atoms with Gasteiger partial charge in [0.25, 0.3) is 6.43 Å². The highest BCUT2D eigenvalue weighted by molar-refractivity contribution is 5.29. The van der Waals surface area contributed by atoms with E-state index >= 15 is 0 Å². The number of hydrogen-bond donors (Lipinski definition) is 1. The number of halogens is 2. The van der Waals surface area contributed by atoms with Crippen LogP contribution in [0.15, 0.2) is 30.6 Å². The van der Waals surface area contributed by atoms with E-state index in [9.17, 15) is 8.78 Å². The summed E-state index contributed by atoms with van der Waals surface area (Å²) in [5.74, 6) is 0.869. The largest absolute Gasteiger partial charge is 0.312 e. The van der Waals surface area contributed by atoms with Gasteiger partial charge in [0.1, 0.15) is 5.69 Å². The van der Waals surface area contributed by atoms with Gasteiger partial charge in [0.2, 0.25) is 0 Å². The van der Waals surface area contributed by atoms with Gasteiger partial charge in [-0.05, 0) is 24.6 Å². The molecule has 2 aromatic rings. The predicted molar refractivity (Wildman–Crippen MR) is 72.9 cm³/mol. The topological polar surface area (TPSA) is 42.7 Å². The highest BCUT2D eigenvalue weighted by atomic mass is 19.3. The molecule has 0 unspecified atom stereocenters. The maximum Gasteiger partial charge on any atom is 0.280 e. The average molecular weight is 280 g/mol.